The minimum Gasteiger partial charge on any atom is -0.550 e. The molecule has 96 valence electrons. The van der Waals surface area contributed by atoms with Crippen molar-refractivity contribution in [2.75, 3.05) is 0 Å². The summed E-state index contributed by atoms with van der Waals surface area (Å²) in [5.41, 5.74) is 1.01. The number of rotatable bonds is 3. The van der Waals surface area contributed by atoms with Crippen molar-refractivity contribution in [2.45, 2.75) is 13.0 Å². The van der Waals surface area contributed by atoms with E-state index in [0.717, 1.165) is 0 Å². The van der Waals surface area contributed by atoms with Crippen LogP contribution in [-0.4, -0.2) is 25.1 Å². The Bertz CT molecular complexity index is 839. The Morgan fingerprint density at radius 3 is 2.90 bits per heavy atom. The molecule has 3 aromatic heterocycles. The number of nitrogens with zero attached hydrogens (tertiary/aromatic N) is 4. The van der Waals surface area contributed by atoms with E-state index in [0.29, 0.717) is 16.6 Å². The van der Waals surface area contributed by atoms with Crippen LogP contribution in [0.1, 0.15) is 6.42 Å². The number of fused-ring (bicyclic) bond motifs is 3. The van der Waals surface area contributed by atoms with E-state index < -0.39 is 5.97 Å². The van der Waals surface area contributed by atoms with Crippen LogP contribution in [0.2, 0.25) is 0 Å². The first-order chi connectivity index (χ1) is 9.16. The van der Waals surface area contributed by atoms with E-state index in [-0.39, 0.29) is 48.1 Å². The fourth-order valence-corrected chi connectivity index (χ4v) is 1.99. The molecule has 0 aliphatic rings. The van der Waals surface area contributed by atoms with Gasteiger partial charge in [0.1, 0.15) is 0 Å². The normalized spacial score (nSPS) is 10.6. The van der Waals surface area contributed by atoms with Crippen LogP contribution in [0.15, 0.2) is 35.5 Å². The van der Waals surface area contributed by atoms with Gasteiger partial charge in [-0.1, -0.05) is 0 Å². The minimum absolute atomic E-state index is 0. The molecular weight excluding hydrogens is 271 g/mol. The van der Waals surface area contributed by atoms with Crippen molar-refractivity contribution in [1.82, 2.24) is 19.2 Å². The van der Waals surface area contributed by atoms with Gasteiger partial charge in [-0.25, -0.2) is 9.50 Å². The maximum absolute atomic E-state index is 12.2. The summed E-state index contributed by atoms with van der Waals surface area (Å²) >= 11 is 0. The molecule has 7 nitrogen and oxygen atoms in total. The van der Waals surface area contributed by atoms with Crippen molar-refractivity contribution in [3.05, 3.63) is 41.1 Å². The molecule has 0 unspecified atom stereocenters. The number of carbonyl (C=O) groups is 1. The number of carbonyl (C=O) groups excluding carboxylic acids is 1. The second kappa shape index (κ2) is 5.74. The molecule has 3 aromatic rings. The number of hydrogen-bond donors (Lipinski definition) is 0. The molecule has 0 N–H and O–H groups in total. The van der Waals surface area contributed by atoms with Gasteiger partial charge in [-0.2, -0.15) is 5.10 Å². The summed E-state index contributed by atoms with van der Waals surface area (Å²) in [6, 6.07) is 3.45. The molecule has 3 heterocycles. The number of aryl methyl sites for hydroxylation is 1. The number of pyridine rings is 1. The third-order valence-corrected chi connectivity index (χ3v) is 2.91. The molecular formula is C12H9N4NaO3. The molecule has 0 saturated carbocycles. The fraction of sp³-hybridized carbons (Fsp3) is 0.167. The number of carboxylic acids is 1. The Labute approximate surface area is 135 Å². The largest absolute Gasteiger partial charge is 1.00 e. The van der Waals surface area contributed by atoms with Crippen LogP contribution in [0, 0.1) is 0 Å². The van der Waals surface area contributed by atoms with Gasteiger partial charge in [0, 0.05) is 37.4 Å². The van der Waals surface area contributed by atoms with E-state index in [9.17, 15) is 14.7 Å². The first kappa shape index (κ1) is 14.7. The Morgan fingerprint density at radius 2 is 2.15 bits per heavy atom. The van der Waals surface area contributed by atoms with Crippen LogP contribution in [0.5, 0.6) is 0 Å². The predicted molar refractivity (Wildman–Crippen MR) is 64.4 cm³/mol. The molecule has 0 bridgehead atoms. The second-order valence-electron chi connectivity index (χ2n) is 4.09. The smallest absolute Gasteiger partial charge is 0.550 e. The second-order valence-corrected chi connectivity index (χ2v) is 4.09. The Kier molecular flexibility index (Phi) is 4.22. The summed E-state index contributed by atoms with van der Waals surface area (Å²) in [5.74, 6) is -1.19. The summed E-state index contributed by atoms with van der Waals surface area (Å²) in [4.78, 5) is 26.7. The van der Waals surface area contributed by atoms with Crippen molar-refractivity contribution >= 4 is 22.5 Å². The average molecular weight is 280 g/mol. The average Bonchev–Trinajstić information content (AvgIpc) is 2.86. The summed E-state index contributed by atoms with van der Waals surface area (Å²) in [6.45, 7) is 0.0776. The molecule has 0 atom stereocenters. The van der Waals surface area contributed by atoms with E-state index in [4.69, 9.17) is 0 Å². The van der Waals surface area contributed by atoms with Crippen LogP contribution in [-0.2, 0) is 11.3 Å². The van der Waals surface area contributed by atoms with Crippen molar-refractivity contribution < 1.29 is 39.5 Å². The van der Waals surface area contributed by atoms with E-state index >= 15 is 0 Å². The minimum atomic E-state index is -1.19. The third kappa shape index (κ3) is 2.47. The molecule has 3 rings (SSSR count). The fourth-order valence-electron chi connectivity index (χ4n) is 1.99. The van der Waals surface area contributed by atoms with Gasteiger partial charge in [0.2, 0.25) is 0 Å². The molecule has 0 aliphatic carbocycles. The molecule has 8 heteroatoms. The Morgan fingerprint density at radius 1 is 1.35 bits per heavy atom. The summed E-state index contributed by atoms with van der Waals surface area (Å²) in [6.07, 6.45) is 4.42. The molecule has 0 aliphatic heterocycles. The van der Waals surface area contributed by atoms with Crippen LogP contribution in [0.4, 0.5) is 0 Å². The van der Waals surface area contributed by atoms with Gasteiger partial charge in [-0.15, -0.1) is 0 Å². The van der Waals surface area contributed by atoms with E-state index in [1.807, 2.05) is 0 Å². The summed E-state index contributed by atoms with van der Waals surface area (Å²) < 4.78 is 2.90. The van der Waals surface area contributed by atoms with Crippen molar-refractivity contribution in [3.63, 3.8) is 0 Å². The summed E-state index contributed by atoms with van der Waals surface area (Å²) in [5, 5.41) is 14.9. The molecule has 0 saturated heterocycles. The maximum Gasteiger partial charge on any atom is 1.00 e. The van der Waals surface area contributed by atoms with E-state index in [1.54, 1.807) is 29.0 Å². The van der Waals surface area contributed by atoms with Gasteiger partial charge < -0.3 is 14.5 Å². The van der Waals surface area contributed by atoms with Gasteiger partial charge in [0.05, 0.1) is 17.1 Å². The predicted octanol–water partition coefficient (Wildman–Crippen LogP) is -3.81. The molecule has 0 aromatic carbocycles. The quantitative estimate of drug-likeness (QED) is 0.459. The van der Waals surface area contributed by atoms with Crippen molar-refractivity contribution in [2.24, 2.45) is 0 Å². The SMILES string of the molecule is O=C([O-])CCn1ccc2c(cnc3ccnn32)c1=O.[Na+]. The maximum atomic E-state index is 12.2. The van der Waals surface area contributed by atoms with Gasteiger partial charge >= 0.3 is 29.6 Å². The standard InChI is InChI=1S/C12H10N4O3.Na/c17-11(18)3-6-15-5-2-9-8(12(15)19)7-13-10-1-4-14-16(9)10;/h1-2,4-5,7H,3,6H2,(H,17,18);/q;+1/p-1. The topological polar surface area (TPSA) is 92.3 Å². The van der Waals surface area contributed by atoms with Crippen LogP contribution >= 0.6 is 0 Å². The van der Waals surface area contributed by atoms with Gasteiger partial charge in [0.15, 0.2) is 5.65 Å². The molecule has 0 radical (unpaired) electrons. The van der Waals surface area contributed by atoms with Gasteiger partial charge in [-0.05, 0) is 6.07 Å². The van der Waals surface area contributed by atoms with Crippen molar-refractivity contribution in [1.29, 1.82) is 0 Å². The first-order valence-electron chi connectivity index (χ1n) is 5.68. The zero-order chi connectivity index (χ0) is 13.4. The summed E-state index contributed by atoms with van der Waals surface area (Å²) in [7, 11) is 0. The number of carboxylic acid groups (broad SMARTS) is 1. The third-order valence-electron chi connectivity index (χ3n) is 2.91. The molecule has 0 spiro atoms. The van der Waals surface area contributed by atoms with Crippen LogP contribution in [0.3, 0.4) is 0 Å². The first-order valence-corrected chi connectivity index (χ1v) is 5.68. The number of hydrogen-bond acceptors (Lipinski definition) is 5. The Hall–Kier alpha value is -1.70. The zero-order valence-electron chi connectivity index (χ0n) is 10.8. The number of aliphatic carboxylic acids is 1. The zero-order valence-corrected chi connectivity index (χ0v) is 12.8. The van der Waals surface area contributed by atoms with Crippen LogP contribution in [0.25, 0.3) is 16.6 Å². The van der Waals surface area contributed by atoms with E-state index in [1.165, 1.54) is 10.8 Å². The molecule has 0 fully saturated rings. The van der Waals surface area contributed by atoms with Gasteiger partial charge in [-0.3, -0.25) is 4.79 Å². The Balaban J connectivity index is 0.00000147. The molecule has 0 amide bonds. The monoisotopic (exact) mass is 280 g/mol. The number of aromatic nitrogens is 4. The van der Waals surface area contributed by atoms with Gasteiger partial charge in [0.25, 0.3) is 5.56 Å². The molecule has 20 heavy (non-hydrogen) atoms. The van der Waals surface area contributed by atoms with Crippen molar-refractivity contribution in [3.8, 4) is 0 Å². The van der Waals surface area contributed by atoms with Crippen LogP contribution < -0.4 is 40.2 Å². The van der Waals surface area contributed by atoms with E-state index in [2.05, 4.69) is 10.1 Å².